The third-order valence-corrected chi connectivity index (χ3v) is 4.32. The van der Waals surface area contributed by atoms with Gasteiger partial charge in [0.2, 0.25) is 0 Å². The highest BCUT2D eigenvalue weighted by atomic mass is 19.1. The Labute approximate surface area is 129 Å². The Hall–Kier alpha value is -2.14. The second-order valence-electron chi connectivity index (χ2n) is 5.88. The lowest BCUT2D eigenvalue weighted by Gasteiger charge is -2.21. The molecule has 2 heterocycles. The molecule has 1 aromatic carbocycles. The summed E-state index contributed by atoms with van der Waals surface area (Å²) in [5.41, 5.74) is 1.78. The van der Waals surface area contributed by atoms with Crippen molar-refractivity contribution in [3.63, 3.8) is 0 Å². The predicted molar refractivity (Wildman–Crippen MR) is 83.1 cm³/mol. The highest BCUT2D eigenvalue weighted by molar-refractivity contribution is 5.91. The second-order valence-corrected chi connectivity index (χ2v) is 5.88. The predicted octanol–water partition coefficient (Wildman–Crippen LogP) is 1.52. The van der Waals surface area contributed by atoms with Crippen LogP contribution in [0.5, 0.6) is 0 Å². The van der Waals surface area contributed by atoms with E-state index in [2.05, 4.69) is 16.0 Å². The average molecular weight is 302 g/mol. The average Bonchev–Trinajstić information content (AvgIpc) is 3.07. The smallest absolute Gasteiger partial charge is 0.279 e. The third kappa shape index (κ3) is 3.20. The van der Waals surface area contributed by atoms with Crippen LogP contribution >= 0.6 is 0 Å². The zero-order valence-electron chi connectivity index (χ0n) is 12.7. The van der Waals surface area contributed by atoms with Gasteiger partial charge in [-0.2, -0.15) is 0 Å². The molecule has 1 saturated heterocycles. The van der Waals surface area contributed by atoms with Crippen LogP contribution in [0.15, 0.2) is 42.6 Å². The van der Waals surface area contributed by atoms with Crippen molar-refractivity contribution in [1.82, 2.24) is 4.57 Å². The number of halogens is 1. The Balaban J connectivity index is 1.64. The van der Waals surface area contributed by atoms with Gasteiger partial charge in [-0.25, -0.2) is 4.39 Å². The van der Waals surface area contributed by atoms with Crippen molar-refractivity contribution in [2.75, 3.05) is 18.4 Å². The summed E-state index contributed by atoms with van der Waals surface area (Å²) in [5.74, 6) is -0.408. The summed E-state index contributed by atoms with van der Waals surface area (Å²) >= 11 is 0. The molecule has 4 nitrogen and oxygen atoms in total. The summed E-state index contributed by atoms with van der Waals surface area (Å²) in [6, 6.07) is 10.5. The molecule has 0 saturated carbocycles. The fraction of sp³-hybridized carbons (Fsp3) is 0.353. The number of aromatic nitrogens is 1. The van der Waals surface area contributed by atoms with E-state index in [9.17, 15) is 9.18 Å². The highest BCUT2D eigenvalue weighted by Crippen LogP contribution is 2.19. The molecule has 0 spiro atoms. The van der Waals surface area contributed by atoms with Crippen LogP contribution in [0.1, 0.15) is 24.6 Å². The number of carbonyl (C=O) groups excluding carboxylic acids is 1. The summed E-state index contributed by atoms with van der Waals surface area (Å²) in [4.78, 5) is 13.5. The minimum atomic E-state index is -0.340. The van der Waals surface area contributed by atoms with Gasteiger partial charge in [-0.1, -0.05) is 6.07 Å². The number of hydrogen-bond acceptors (Lipinski definition) is 1. The van der Waals surface area contributed by atoms with Gasteiger partial charge in [-0.05, 0) is 30.3 Å². The first-order chi connectivity index (χ1) is 10.6. The first-order valence-electron chi connectivity index (χ1n) is 7.65. The van der Waals surface area contributed by atoms with Crippen LogP contribution in [0.25, 0.3) is 0 Å². The summed E-state index contributed by atoms with van der Waals surface area (Å²) in [6.45, 7) is 1.40. The maximum absolute atomic E-state index is 13.2. The van der Waals surface area contributed by atoms with Crippen molar-refractivity contribution in [2.24, 2.45) is 7.05 Å². The molecular formula is C17H21FN3O+. The van der Waals surface area contributed by atoms with Gasteiger partial charge in [0.25, 0.3) is 5.91 Å². The maximum Gasteiger partial charge on any atom is 0.279 e. The van der Waals surface area contributed by atoms with E-state index in [1.807, 2.05) is 19.3 Å². The minimum Gasteiger partial charge on any atom is -0.350 e. The number of carbonyl (C=O) groups is 1. The molecule has 2 N–H and O–H groups in total. The van der Waals surface area contributed by atoms with Gasteiger partial charge in [0.1, 0.15) is 11.9 Å². The van der Waals surface area contributed by atoms with E-state index in [1.54, 1.807) is 12.1 Å². The lowest BCUT2D eigenvalue weighted by atomic mass is 10.1. The number of quaternary nitrogens is 1. The fourth-order valence-electron chi connectivity index (χ4n) is 3.29. The zero-order chi connectivity index (χ0) is 15.5. The Kier molecular flexibility index (Phi) is 4.24. The zero-order valence-corrected chi connectivity index (χ0v) is 12.7. The van der Waals surface area contributed by atoms with Gasteiger partial charge in [0, 0.05) is 31.8 Å². The number of benzene rings is 1. The van der Waals surface area contributed by atoms with Crippen molar-refractivity contribution < 1.29 is 14.1 Å². The molecule has 1 amide bonds. The number of hydrogen-bond donors (Lipinski definition) is 2. The van der Waals surface area contributed by atoms with Crippen molar-refractivity contribution in [1.29, 1.82) is 0 Å². The van der Waals surface area contributed by atoms with Gasteiger partial charge in [-0.15, -0.1) is 0 Å². The monoisotopic (exact) mass is 302 g/mol. The molecule has 5 heteroatoms. The molecule has 2 aromatic rings. The van der Waals surface area contributed by atoms with E-state index in [0.717, 1.165) is 19.4 Å². The van der Waals surface area contributed by atoms with Crippen LogP contribution < -0.4 is 10.2 Å². The van der Waals surface area contributed by atoms with Gasteiger partial charge in [0.15, 0.2) is 6.54 Å². The van der Waals surface area contributed by atoms with Crippen molar-refractivity contribution >= 4 is 11.6 Å². The fourth-order valence-corrected chi connectivity index (χ4v) is 3.29. The molecule has 1 aromatic heterocycles. The van der Waals surface area contributed by atoms with Crippen LogP contribution in [0.4, 0.5) is 10.1 Å². The standard InChI is InChI=1S/C17H20FN3O/c1-20-9-3-7-15(20)16-8-4-10-21(16)12-17(22)19-14-6-2-5-13(18)11-14/h2-3,5-7,9,11,16H,4,8,10,12H2,1H3,(H,19,22)/p+1/t16-/m1/s1. The number of aryl methyl sites for hydroxylation is 1. The molecule has 1 aliphatic rings. The molecule has 3 rings (SSSR count). The molecule has 1 unspecified atom stereocenters. The molecule has 0 bridgehead atoms. The molecule has 0 radical (unpaired) electrons. The SMILES string of the molecule is Cn1cccc1[C@H]1CCC[NH+]1CC(=O)Nc1cccc(F)c1. The van der Waals surface area contributed by atoms with E-state index in [1.165, 1.54) is 22.7 Å². The normalized spacial score (nSPS) is 21.0. The number of nitrogens with one attached hydrogen (secondary N) is 2. The molecule has 22 heavy (non-hydrogen) atoms. The van der Waals surface area contributed by atoms with E-state index < -0.39 is 0 Å². The van der Waals surface area contributed by atoms with Crippen LogP contribution in [-0.4, -0.2) is 23.6 Å². The molecule has 1 fully saturated rings. The summed E-state index contributed by atoms with van der Waals surface area (Å²) in [7, 11) is 2.04. The topological polar surface area (TPSA) is 38.5 Å². The number of anilines is 1. The quantitative estimate of drug-likeness (QED) is 0.883. The summed E-state index contributed by atoms with van der Waals surface area (Å²) < 4.78 is 15.3. The molecule has 116 valence electrons. The number of rotatable bonds is 4. The van der Waals surface area contributed by atoms with Gasteiger partial charge >= 0.3 is 0 Å². The van der Waals surface area contributed by atoms with Gasteiger partial charge in [0.05, 0.1) is 12.2 Å². The van der Waals surface area contributed by atoms with Crippen molar-refractivity contribution in [2.45, 2.75) is 18.9 Å². The summed E-state index contributed by atoms with van der Waals surface area (Å²) in [5, 5.41) is 2.78. The summed E-state index contributed by atoms with van der Waals surface area (Å²) in [6.07, 6.45) is 4.26. The van der Waals surface area contributed by atoms with Crippen LogP contribution in [-0.2, 0) is 11.8 Å². The third-order valence-electron chi connectivity index (χ3n) is 4.32. The van der Waals surface area contributed by atoms with E-state index in [-0.39, 0.29) is 11.7 Å². The Bertz CT molecular complexity index is 667. The molecule has 2 atom stereocenters. The number of amides is 1. The van der Waals surface area contributed by atoms with Crippen molar-refractivity contribution in [3.05, 3.63) is 54.1 Å². The highest BCUT2D eigenvalue weighted by Gasteiger charge is 2.32. The Morgan fingerprint density at radius 2 is 2.27 bits per heavy atom. The lowest BCUT2D eigenvalue weighted by Crippen LogP contribution is -3.11. The van der Waals surface area contributed by atoms with Gasteiger partial charge in [-0.3, -0.25) is 4.79 Å². The minimum absolute atomic E-state index is 0.0679. The first-order valence-corrected chi connectivity index (χ1v) is 7.65. The Morgan fingerprint density at radius 3 is 3.00 bits per heavy atom. The van der Waals surface area contributed by atoms with Crippen LogP contribution in [0.2, 0.25) is 0 Å². The largest absolute Gasteiger partial charge is 0.350 e. The van der Waals surface area contributed by atoms with Crippen molar-refractivity contribution in [3.8, 4) is 0 Å². The van der Waals surface area contributed by atoms with Crippen LogP contribution in [0.3, 0.4) is 0 Å². The second kappa shape index (κ2) is 6.32. The maximum atomic E-state index is 13.2. The molecule has 1 aliphatic heterocycles. The molecule has 0 aliphatic carbocycles. The number of likely N-dealkylation sites (tertiary alicyclic amines) is 1. The van der Waals surface area contributed by atoms with Gasteiger partial charge < -0.3 is 14.8 Å². The number of nitrogens with zero attached hydrogens (tertiary/aromatic N) is 1. The van der Waals surface area contributed by atoms with Crippen LogP contribution in [0, 0.1) is 5.82 Å². The molecular weight excluding hydrogens is 281 g/mol. The first kappa shape index (κ1) is 14.8. The van der Waals surface area contributed by atoms with E-state index in [4.69, 9.17) is 0 Å². The van der Waals surface area contributed by atoms with E-state index in [0.29, 0.717) is 18.3 Å². The van der Waals surface area contributed by atoms with E-state index >= 15 is 0 Å². The Morgan fingerprint density at radius 1 is 1.41 bits per heavy atom. The lowest BCUT2D eigenvalue weighted by molar-refractivity contribution is -0.910.